The molecule has 0 aromatic heterocycles. The number of hydrogen-bond donors (Lipinski definition) is 1. The van der Waals surface area contributed by atoms with Crippen molar-refractivity contribution in [3.05, 3.63) is 28.0 Å². The number of benzene rings is 1. The van der Waals surface area contributed by atoms with Gasteiger partial charge >= 0.3 is 0 Å². The molecule has 1 aliphatic heterocycles. The fourth-order valence-electron chi connectivity index (χ4n) is 1.92. The maximum atomic E-state index is 13.4. The lowest BCUT2D eigenvalue weighted by Gasteiger charge is -2.31. The standard InChI is InChI=1S/C11H11BrFNO2/c1-14-10-4-8(12)9(13)3-7(10)6(5-15)2-11(14)16/h3-4,6,15H,2,5H2,1H3. The molecule has 1 aromatic rings. The number of aliphatic hydroxyl groups is 1. The normalized spacial score (nSPS) is 19.9. The Hall–Kier alpha value is -0.940. The Morgan fingerprint density at radius 2 is 2.31 bits per heavy atom. The molecule has 3 nitrogen and oxygen atoms in total. The van der Waals surface area contributed by atoms with Crippen LogP contribution in [0.2, 0.25) is 0 Å². The number of carbonyl (C=O) groups is 1. The molecule has 5 heteroatoms. The molecule has 1 atom stereocenters. The van der Waals surface area contributed by atoms with Gasteiger partial charge in [0.15, 0.2) is 0 Å². The molecule has 86 valence electrons. The zero-order chi connectivity index (χ0) is 11.9. The highest BCUT2D eigenvalue weighted by atomic mass is 79.9. The van der Waals surface area contributed by atoms with Crippen LogP contribution in [0.15, 0.2) is 16.6 Å². The Bertz CT molecular complexity index is 450. The molecular weight excluding hydrogens is 277 g/mol. The third kappa shape index (κ3) is 1.74. The Kier molecular flexibility index (Phi) is 2.99. The van der Waals surface area contributed by atoms with Gasteiger partial charge in [0.1, 0.15) is 5.82 Å². The van der Waals surface area contributed by atoms with Gasteiger partial charge in [-0.05, 0) is 33.6 Å². The lowest BCUT2D eigenvalue weighted by molar-refractivity contribution is -0.119. The van der Waals surface area contributed by atoms with Gasteiger partial charge in [0.2, 0.25) is 5.91 Å². The van der Waals surface area contributed by atoms with Crippen LogP contribution >= 0.6 is 15.9 Å². The van der Waals surface area contributed by atoms with E-state index >= 15 is 0 Å². The lowest BCUT2D eigenvalue weighted by atomic mass is 9.90. The number of nitrogens with zero attached hydrogens (tertiary/aromatic N) is 1. The molecule has 16 heavy (non-hydrogen) atoms. The first-order chi connectivity index (χ1) is 7.54. The first kappa shape index (κ1) is 11.5. The monoisotopic (exact) mass is 287 g/mol. The first-order valence-electron chi connectivity index (χ1n) is 4.91. The van der Waals surface area contributed by atoms with Crippen LogP contribution in [0.5, 0.6) is 0 Å². The van der Waals surface area contributed by atoms with E-state index in [2.05, 4.69) is 15.9 Å². The van der Waals surface area contributed by atoms with Crippen LogP contribution in [0.4, 0.5) is 10.1 Å². The Labute approximate surface area is 101 Å². The molecule has 0 spiro atoms. The molecule has 1 amide bonds. The molecule has 0 radical (unpaired) electrons. The molecule has 0 aliphatic carbocycles. The van der Waals surface area contributed by atoms with Gasteiger partial charge in [0, 0.05) is 25.1 Å². The highest BCUT2D eigenvalue weighted by molar-refractivity contribution is 9.10. The Morgan fingerprint density at radius 1 is 1.62 bits per heavy atom. The van der Waals surface area contributed by atoms with Crippen molar-refractivity contribution in [2.24, 2.45) is 0 Å². The summed E-state index contributed by atoms with van der Waals surface area (Å²) in [4.78, 5) is 13.1. The average molecular weight is 288 g/mol. The summed E-state index contributed by atoms with van der Waals surface area (Å²) >= 11 is 3.09. The number of rotatable bonds is 1. The zero-order valence-corrected chi connectivity index (χ0v) is 10.3. The van der Waals surface area contributed by atoms with Gasteiger partial charge in [-0.25, -0.2) is 4.39 Å². The molecule has 1 aromatic carbocycles. The van der Waals surface area contributed by atoms with Crippen LogP contribution in [-0.2, 0) is 4.79 Å². The number of anilines is 1. The van der Waals surface area contributed by atoms with Crippen LogP contribution in [0.3, 0.4) is 0 Å². The Balaban J connectivity index is 2.59. The number of halogens is 2. The van der Waals surface area contributed by atoms with Crippen molar-refractivity contribution in [1.82, 2.24) is 0 Å². The molecule has 0 saturated heterocycles. The van der Waals surface area contributed by atoms with Crippen molar-refractivity contribution in [1.29, 1.82) is 0 Å². The minimum atomic E-state index is -0.375. The van der Waals surface area contributed by atoms with Crippen LogP contribution < -0.4 is 4.90 Å². The van der Waals surface area contributed by atoms with Crippen LogP contribution in [0.25, 0.3) is 0 Å². The molecule has 0 saturated carbocycles. The lowest BCUT2D eigenvalue weighted by Crippen LogP contribution is -2.34. The minimum absolute atomic E-state index is 0.0648. The Morgan fingerprint density at radius 3 is 2.94 bits per heavy atom. The molecule has 1 N–H and O–H groups in total. The maximum absolute atomic E-state index is 13.4. The molecule has 1 heterocycles. The summed E-state index contributed by atoms with van der Waals surface area (Å²) in [5, 5.41) is 9.20. The maximum Gasteiger partial charge on any atom is 0.227 e. The van der Waals surface area contributed by atoms with Crippen molar-refractivity contribution in [3.63, 3.8) is 0 Å². The molecule has 2 rings (SSSR count). The van der Waals surface area contributed by atoms with E-state index in [1.54, 1.807) is 13.1 Å². The molecule has 1 unspecified atom stereocenters. The first-order valence-corrected chi connectivity index (χ1v) is 5.70. The van der Waals surface area contributed by atoms with Crippen molar-refractivity contribution in [3.8, 4) is 0 Å². The molecule has 0 bridgehead atoms. The summed E-state index contributed by atoms with van der Waals surface area (Å²) in [5.74, 6) is -0.744. The van der Waals surface area contributed by atoms with Crippen LogP contribution in [0, 0.1) is 5.82 Å². The van der Waals surface area contributed by atoms with E-state index in [-0.39, 0.29) is 30.7 Å². The van der Waals surface area contributed by atoms with E-state index < -0.39 is 0 Å². The van der Waals surface area contributed by atoms with Gasteiger partial charge in [-0.2, -0.15) is 0 Å². The third-order valence-corrected chi connectivity index (χ3v) is 3.49. The highest BCUT2D eigenvalue weighted by Crippen LogP contribution is 2.37. The molecule has 1 aliphatic rings. The quantitative estimate of drug-likeness (QED) is 0.859. The van der Waals surface area contributed by atoms with Gasteiger partial charge in [-0.15, -0.1) is 0 Å². The van der Waals surface area contributed by atoms with E-state index in [4.69, 9.17) is 0 Å². The summed E-state index contributed by atoms with van der Waals surface area (Å²) in [6.45, 7) is -0.145. The average Bonchev–Trinajstić information content (AvgIpc) is 2.26. The van der Waals surface area contributed by atoms with Gasteiger partial charge < -0.3 is 10.0 Å². The fraction of sp³-hybridized carbons (Fsp3) is 0.364. The second-order valence-corrected chi connectivity index (χ2v) is 4.72. The van der Waals surface area contributed by atoms with Gasteiger partial charge in [-0.1, -0.05) is 0 Å². The van der Waals surface area contributed by atoms with Crippen molar-refractivity contribution in [2.75, 3.05) is 18.6 Å². The number of aliphatic hydroxyl groups excluding tert-OH is 1. The van der Waals surface area contributed by atoms with Gasteiger partial charge in [0.05, 0.1) is 11.1 Å². The van der Waals surface area contributed by atoms with Crippen LogP contribution in [-0.4, -0.2) is 24.7 Å². The van der Waals surface area contributed by atoms with Crippen LogP contribution in [0.1, 0.15) is 17.9 Å². The summed E-state index contributed by atoms with van der Waals surface area (Å²) in [7, 11) is 1.65. The van der Waals surface area contributed by atoms with Crippen molar-refractivity contribution < 1.29 is 14.3 Å². The van der Waals surface area contributed by atoms with Gasteiger partial charge in [-0.3, -0.25) is 4.79 Å². The zero-order valence-electron chi connectivity index (χ0n) is 8.70. The summed E-state index contributed by atoms with van der Waals surface area (Å²) in [5.41, 5.74) is 1.34. The number of hydrogen-bond acceptors (Lipinski definition) is 2. The third-order valence-electron chi connectivity index (χ3n) is 2.89. The predicted molar refractivity (Wildman–Crippen MR) is 62.0 cm³/mol. The van der Waals surface area contributed by atoms with Crippen molar-refractivity contribution >= 4 is 27.5 Å². The van der Waals surface area contributed by atoms with E-state index in [1.807, 2.05) is 0 Å². The van der Waals surface area contributed by atoms with E-state index in [0.717, 1.165) is 0 Å². The second-order valence-electron chi connectivity index (χ2n) is 3.86. The summed E-state index contributed by atoms with van der Waals surface area (Å²) in [6, 6.07) is 2.95. The van der Waals surface area contributed by atoms with E-state index in [1.165, 1.54) is 11.0 Å². The SMILES string of the molecule is CN1C(=O)CC(CO)c2cc(F)c(Br)cc21. The number of carbonyl (C=O) groups excluding carboxylic acids is 1. The summed E-state index contributed by atoms with van der Waals surface area (Å²) < 4.78 is 13.7. The minimum Gasteiger partial charge on any atom is -0.396 e. The largest absolute Gasteiger partial charge is 0.396 e. The second kappa shape index (κ2) is 4.14. The fourth-order valence-corrected chi connectivity index (χ4v) is 2.26. The highest BCUT2D eigenvalue weighted by Gasteiger charge is 2.29. The van der Waals surface area contributed by atoms with E-state index in [0.29, 0.717) is 15.7 Å². The molecule has 0 fully saturated rings. The van der Waals surface area contributed by atoms with Gasteiger partial charge in [0.25, 0.3) is 0 Å². The topological polar surface area (TPSA) is 40.5 Å². The summed E-state index contributed by atoms with van der Waals surface area (Å²) in [6.07, 6.45) is 0.223. The predicted octanol–water partition coefficient (Wildman–Crippen LogP) is 2.03. The number of fused-ring (bicyclic) bond motifs is 1. The van der Waals surface area contributed by atoms with Crippen molar-refractivity contribution in [2.45, 2.75) is 12.3 Å². The number of amides is 1. The van der Waals surface area contributed by atoms with E-state index in [9.17, 15) is 14.3 Å². The molecular formula is C11H11BrFNO2. The smallest absolute Gasteiger partial charge is 0.227 e.